The average Bonchev–Trinajstić information content (AvgIpc) is 2.52. The summed E-state index contributed by atoms with van der Waals surface area (Å²) in [5.74, 6) is 3.31. The third-order valence-electron chi connectivity index (χ3n) is 3.90. The van der Waals surface area contributed by atoms with E-state index < -0.39 is 0 Å². The van der Waals surface area contributed by atoms with Gasteiger partial charge in [0, 0.05) is 24.8 Å². The van der Waals surface area contributed by atoms with Crippen LogP contribution < -0.4 is 10.2 Å². The van der Waals surface area contributed by atoms with Crippen LogP contribution in [0.25, 0.3) is 0 Å². The lowest BCUT2D eigenvalue weighted by Crippen LogP contribution is -2.25. The first kappa shape index (κ1) is 14.8. The van der Waals surface area contributed by atoms with Gasteiger partial charge in [0.15, 0.2) is 0 Å². The fraction of sp³-hybridized carbons (Fsp3) is 0.444. The number of hydrogen-bond acceptors (Lipinski definition) is 4. The van der Waals surface area contributed by atoms with E-state index in [9.17, 15) is 0 Å². The molecule has 4 nitrogen and oxygen atoms in total. The Bertz CT molecular complexity index is 651. The Morgan fingerprint density at radius 2 is 2.05 bits per heavy atom. The zero-order valence-electron chi connectivity index (χ0n) is 13.6. The molecule has 2 aromatic rings. The summed E-state index contributed by atoms with van der Waals surface area (Å²) in [4.78, 5) is 11.5. The zero-order valence-corrected chi connectivity index (χ0v) is 13.6. The van der Waals surface area contributed by atoms with Crippen molar-refractivity contribution in [3.8, 4) is 0 Å². The van der Waals surface area contributed by atoms with Crippen molar-refractivity contribution in [1.29, 1.82) is 0 Å². The van der Waals surface area contributed by atoms with Gasteiger partial charge in [-0.2, -0.15) is 0 Å². The normalized spacial score (nSPS) is 14.1. The summed E-state index contributed by atoms with van der Waals surface area (Å²) in [6, 6.07) is 10.7. The summed E-state index contributed by atoms with van der Waals surface area (Å²) >= 11 is 0. The smallest absolute Gasteiger partial charge is 0.138 e. The third-order valence-corrected chi connectivity index (χ3v) is 3.90. The minimum absolute atomic E-state index is 0.592. The molecule has 1 N–H and O–H groups in total. The van der Waals surface area contributed by atoms with Gasteiger partial charge in [0.1, 0.15) is 17.5 Å². The van der Waals surface area contributed by atoms with Crippen LogP contribution in [-0.4, -0.2) is 23.1 Å². The van der Waals surface area contributed by atoms with E-state index in [0.29, 0.717) is 5.92 Å². The molecule has 116 valence electrons. The van der Waals surface area contributed by atoms with E-state index in [0.717, 1.165) is 43.4 Å². The maximum atomic E-state index is 4.66. The molecule has 0 radical (unpaired) electrons. The second kappa shape index (κ2) is 6.34. The van der Waals surface area contributed by atoms with Crippen LogP contribution >= 0.6 is 0 Å². The Kier molecular flexibility index (Phi) is 4.27. The van der Waals surface area contributed by atoms with Gasteiger partial charge in [-0.3, -0.25) is 0 Å². The van der Waals surface area contributed by atoms with Gasteiger partial charge in [0.05, 0.1) is 0 Å². The van der Waals surface area contributed by atoms with Gasteiger partial charge in [-0.05, 0) is 37.3 Å². The predicted molar refractivity (Wildman–Crippen MR) is 91.9 cm³/mol. The number of aromatic nitrogens is 2. The number of rotatable bonds is 4. The first-order valence-corrected chi connectivity index (χ1v) is 8.08. The van der Waals surface area contributed by atoms with Crippen molar-refractivity contribution in [1.82, 2.24) is 9.97 Å². The number of para-hydroxylation sites is 1. The van der Waals surface area contributed by atoms with Crippen molar-refractivity contribution in [2.45, 2.75) is 33.6 Å². The molecular formula is C18H24N4. The molecule has 1 aromatic heterocycles. The SMILES string of the molecule is Cc1nc(NCC(C)C)cc(N2CCCc3ccccc32)n1. The van der Waals surface area contributed by atoms with Crippen LogP contribution in [0.15, 0.2) is 30.3 Å². The maximum Gasteiger partial charge on any atom is 0.138 e. The summed E-state index contributed by atoms with van der Waals surface area (Å²) in [6.45, 7) is 8.29. The Labute approximate surface area is 132 Å². The molecule has 2 heterocycles. The van der Waals surface area contributed by atoms with Crippen LogP contribution in [0.5, 0.6) is 0 Å². The number of anilines is 3. The van der Waals surface area contributed by atoms with Crippen LogP contribution in [-0.2, 0) is 6.42 Å². The highest BCUT2D eigenvalue weighted by Crippen LogP contribution is 2.32. The first-order valence-electron chi connectivity index (χ1n) is 8.08. The summed E-state index contributed by atoms with van der Waals surface area (Å²) < 4.78 is 0. The second-order valence-electron chi connectivity index (χ2n) is 6.32. The van der Waals surface area contributed by atoms with E-state index >= 15 is 0 Å². The van der Waals surface area contributed by atoms with Crippen LogP contribution in [0.4, 0.5) is 17.3 Å². The number of nitrogens with one attached hydrogen (secondary N) is 1. The Balaban J connectivity index is 1.92. The first-order chi connectivity index (χ1) is 10.6. The molecule has 0 unspecified atom stereocenters. The van der Waals surface area contributed by atoms with Crippen molar-refractivity contribution in [3.63, 3.8) is 0 Å². The highest BCUT2D eigenvalue weighted by atomic mass is 15.2. The van der Waals surface area contributed by atoms with Crippen molar-refractivity contribution in [3.05, 3.63) is 41.7 Å². The van der Waals surface area contributed by atoms with E-state index in [-0.39, 0.29) is 0 Å². The molecule has 0 bridgehead atoms. The summed E-state index contributed by atoms with van der Waals surface area (Å²) in [5, 5.41) is 3.41. The number of aryl methyl sites for hydroxylation is 2. The molecule has 0 amide bonds. The Hall–Kier alpha value is -2.10. The maximum absolute atomic E-state index is 4.66. The van der Waals surface area contributed by atoms with Crippen LogP contribution in [0.2, 0.25) is 0 Å². The van der Waals surface area contributed by atoms with E-state index in [2.05, 4.69) is 64.4 Å². The van der Waals surface area contributed by atoms with Gasteiger partial charge >= 0.3 is 0 Å². The molecule has 1 aromatic carbocycles. The molecular weight excluding hydrogens is 272 g/mol. The lowest BCUT2D eigenvalue weighted by atomic mass is 10.0. The molecule has 0 saturated heterocycles. The van der Waals surface area contributed by atoms with Crippen molar-refractivity contribution < 1.29 is 0 Å². The number of nitrogens with zero attached hydrogens (tertiary/aromatic N) is 3. The third kappa shape index (κ3) is 3.21. The number of fused-ring (bicyclic) bond motifs is 1. The Morgan fingerprint density at radius 1 is 1.23 bits per heavy atom. The van der Waals surface area contributed by atoms with Gasteiger partial charge in [-0.15, -0.1) is 0 Å². The van der Waals surface area contributed by atoms with Gasteiger partial charge in [0.2, 0.25) is 0 Å². The van der Waals surface area contributed by atoms with Crippen LogP contribution in [0.3, 0.4) is 0 Å². The minimum atomic E-state index is 0.592. The summed E-state index contributed by atoms with van der Waals surface area (Å²) in [7, 11) is 0. The molecule has 22 heavy (non-hydrogen) atoms. The fourth-order valence-corrected chi connectivity index (χ4v) is 2.86. The summed E-state index contributed by atoms with van der Waals surface area (Å²) in [6.07, 6.45) is 2.31. The van der Waals surface area contributed by atoms with E-state index in [1.807, 2.05) is 6.92 Å². The topological polar surface area (TPSA) is 41.1 Å². The van der Waals surface area contributed by atoms with Gasteiger partial charge in [-0.1, -0.05) is 32.0 Å². The fourth-order valence-electron chi connectivity index (χ4n) is 2.86. The van der Waals surface area contributed by atoms with Gasteiger partial charge < -0.3 is 10.2 Å². The van der Waals surface area contributed by atoms with Gasteiger partial charge in [-0.25, -0.2) is 9.97 Å². The highest BCUT2D eigenvalue weighted by molar-refractivity contribution is 5.67. The lowest BCUT2D eigenvalue weighted by Gasteiger charge is -2.30. The molecule has 1 aliphatic heterocycles. The molecule has 0 saturated carbocycles. The minimum Gasteiger partial charge on any atom is -0.370 e. The average molecular weight is 296 g/mol. The quantitative estimate of drug-likeness (QED) is 0.928. The molecule has 0 aliphatic carbocycles. The van der Waals surface area contributed by atoms with Crippen LogP contribution in [0.1, 0.15) is 31.7 Å². The predicted octanol–water partition coefficient (Wildman–Crippen LogP) is 3.94. The molecule has 3 rings (SSSR count). The van der Waals surface area contributed by atoms with E-state index in [4.69, 9.17) is 0 Å². The van der Waals surface area contributed by atoms with Gasteiger partial charge in [0.25, 0.3) is 0 Å². The highest BCUT2D eigenvalue weighted by Gasteiger charge is 2.19. The number of benzene rings is 1. The van der Waals surface area contributed by atoms with E-state index in [1.165, 1.54) is 11.3 Å². The summed E-state index contributed by atoms with van der Waals surface area (Å²) in [5.41, 5.74) is 2.68. The zero-order chi connectivity index (χ0) is 15.5. The standard InChI is InChI=1S/C18H24N4/c1-13(2)12-19-17-11-18(21-14(3)20-17)22-10-6-8-15-7-4-5-9-16(15)22/h4-5,7,9,11,13H,6,8,10,12H2,1-3H3,(H,19,20,21). The van der Waals surface area contributed by atoms with Crippen LogP contribution in [0, 0.1) is 12.8 Å². The Morgan fingerprint density at radius 3 is 2.86 bits per heavy atom. The number of hydrogen-bond donors (Lipinski definition) is 1. The molecule has 4 heteroatoms. The second-order valence-corrected chi connectivity index (χ2v) is 6.32. The largest absolute Gasteiger partial charge is 0.370 e. The van der Waals surface area contributed by atoms with Crippen molar-refractivity contribution in [2.24, 2.45) is 5.92 Å². The van der Waals surface area contributed by atoms with Crippen molar-refractivity contribution >= 4 is 17.3 Å². The molecule has 1 aliphatic rings. The molecule has 0 fully saturated rings. The van der Waals surface area contributed by atoms with E-state index in [1.54, 1.807) is 0 Å². The van der Waals surface area contributed by atoms with Crippen molar-refractivity contribution in [2.75, 3.05) is 23.3 Å². The monoisotopic (exact) mass is 296 g/mol. The molecule has 0 spiro atoms. The molecule has 0 atom stereocenters. The lowest BCUT2D eigenvalue weighted by molar-refractivity contribution is 0.686.